The molecule has 0 heterocycles. The maximum atomic E-state index is 12.2. The van der Waals surface area contributed by atoms with E-state index in [2.05, 4.69) is 27.7 Å². The highest BCUT2D eigenvalue weighted by atomic mass is 16.5. The van der Waals surface area contributed by atoms with Crippen molar-refractivity contribution in [3.63, 3.8) is 0 Å². The number of hydrogen-bond donors (Lipinski definition) is 0. The van der Waals surface area contributed by atoms with E-state index in [-0.39, 0.29) is 34.2 Å². The zero-order valence-corrected chi connectivity index (χ0v) is 20.4. The largest absolute Gasteiger partial charge is 0.380 e. The van der Waals surface area contributed by atoms with Gasteiger partial charge in [0.25, 0.3) is 0 Å². The van der Waals surface area contributed by atoms with E-state index in [1.165, 1.54) is 0 Å². The molecule has 31 heavy (non-hydrogen) atoms. The average molecular weight is 423 g/mol. The van der Waals surface area contributed by atoms with Gasteiger partial charge in [-0.1, -0.05) is 104 Å². The molecular formula is C28H38O3. The molecule has 0 saturated carbocycles. The quantitative estimate of drug-likeness (QED) is 0.403. The molecular weight excluding hydrogens is 384 g/mol. The van der Waals surface area contributed by atoms with Crippen molar-refractivity contribution in [3.05, 3.63) is 70.8 Å². The second-order valence-corrected chi connectivity index (χ2v) is 10.5. The van der Waals surface area contributed by atoms with E-state index in [1.807, 2.05) is 76.2 Å². The summed E-state index contributed by atoms with van der Waals surface area (Å²) in [5.74, 6) is 0.343. The first-order chi connectivity index (χ1) is 14.3. The van der Waals surface area contributed by atoms with Gasteiger partial charge in [0.1, 0.15) is 0 Å². The van der Waals surface area contributed by atoms with Crippen molar-refractivity contribution in [2.45, 2.75) is 66.2 Å². The van der Waals surface area contributed by atoms with E-state index >= 15 is 0 Å². The molecule has 0 aliphatic carbocycles. The predicted molar refractivity (Wildman–Crippen MR) is 128 cm³/mol. The van der Waals surface area contributed by atoms with Crippen molar-refractivity contribution in [3.8, 4) is 0 Å². The Morgan fingerprint density at radius 3 is 1.19 bits per heavy atom. The van der Waals surface area contributed by atoms with Crippen LogP contribution in [0, 0.1) is 11.8 Å². The lowest BCUT2D eigenvalue weighted by Crippen LogP contribution is -2.30. The molecule has 0 aromatic heterocycles. The molecule has 0 bridgehead atoms. The van der Waals surface area contributed by atoms with Crippen LogP contribution in [0.2, 0.25) is 0 Å². The van der Waals surface area contributed by atoms with Gasteiger partial charge in [-0.15, -0.1) is 0 Å². The van der Waals surface area contributed by atoms with Crippen molar-refractivity contribution >= 4 is 11.6 Å². The Kier molecular flexibility index (Phi) is 7.99. The standard InChI is InChI=1S/C28H38O3/c1-19(2)25(29)21-9-13-23(14-10-21)27(5,6)17-31-18-28(7,8)24-15-11-22(12-16-24)26(30)20(3)4/h9-16,19-20H,17-18H2,1-8H3. The number of rotatable bonds is 10. The minimum Gasteiger partial charge on any atom is -0.380 e. The minimum absolute atomic E-state index is 0.00184. The lowest BCUT2D eigenvalue weighted by Gasteiger charge is -2.30. The van der Waals surface area contributed by atoms with Crippen molar-refractivity contribution in [1.29, 1.82) is 0 Å². The van der Waals surface area contributed by atoms with Crippen LogP contribution in [-0.4, -0.2) is 24.8 Å². The van der Waals surface area contributed by atoms with Gasteiger partial charge < -0.3 is 4.74 Å². The molecule has 0 saturated heterocycles. The summed E-state index contributed by atoms with van der Waals surface area (Å²) < 4.78 is 6.17. The highest BCUT2D eigenvalue weighted by Gasteiger charge is 2.26. The topological polar surface area (TPSA) is 43.4 Å². The molecule has 2 aromatic carbocycles. The smallest absolute Gasteiger partial charge is 0.165 e. The summed E-state index contributed by atoms with van der Waals surface area (Å²) in [6.07, 6.45) is 0. The van der Waals surface area contributed by atoms with E-state index in [4.69, 9.17) is 4.74 Å². The Morgan fingerprint density at radius 1 is 0.645 bits per heavy atom. The van der Waals surface area contributed by atoms with Gasteiger partial charge >= 0.3 is 0 Å². The van der Waals surface area contributed by atoms with Crippen LogP contribution in [0.3, 0.4) is 0 Å². The van der Waals surface area contributed by atoms with Gasteiger partial charge in [0, 0.05) is 33.8 Å². The van der Waals surface area contributed by atoms with Crippen LogP contribution in [-0.2, 0) is 15.6 Å². The zero-order chi connectivity index (χ0) is 23.4. The number of ether oxygens (including phenoxy) is 1. The van der Waals surface area contributed by atoms with E-state index in [9.17, 15) is 9.59 Å². The van der Waals surface area contributed by atoms with Crippen LogP contribution >= 0.6 is 0 Å². The Morgan fingerprint density at radius 2 is 0.935 bits per heavy atom. The number of Topliss-reactive ketones (excluding diaryl/α,β-unsaturated/α-hetero) is 2. The number of carbonyl (C=O) groups excluding carboxylic acids is 2. The highest BCUT2D eigenvalue weighted by molar-refractivity contribution is 5.97. The molecule has 3 nitrogen and oxygen atoms in total. The second kappa shape index (κ2) is 9.91. The third-order valence-electron chi connectivity index (χ3n) is 5.88. The number of benzene rings is 2. The zero-order valence-electron chi connectivity index (χ0n) is 20.4. The van der Waals surface area contributed by atoms with Crippen LogP contribution in [0.15, 0.2) is 48.5 Å². The van der Waals surface area contributed by atoms with Gasteiger partial charge in [0.05, 0.1) is 13.2 Å². The molecule has 0 radical (unpaired) electrons. The number of carbonyl (C=O) groups is 2. The SMILES string of the molecule is CC(C)C(=O)c1ccc(C(C)(C)COCC(C)(C)c2ccc(C(=O)C(C)C)cc2)cc1. The monoisotopic (exact) mass is 422 g/mol. The summed E-state index contributed by atoms with van der Waals surface area (Å²) in [6.45, 7) is 17.5. The van der Waals surface area contributed by atoms with E-state index < -0.39 is 0 Å². The molecule has 0 spiro atoms. The molecule has 0 aliphatic heterocycles. The van der Waals surface area contributed by atoms with Crippen molar-refractivity contribution in [2.24, 2.45) is 11.8 Å². The average Bonchev–Trinajstić information content (AvgIpc) is 2.72. The van der Waals surface area contributed by atoms with Crippen LogP contribution in [0.1, 0.15) is 87.2 Å². The van der Waals surface area contributed by atoms with Gasteiger partial charge in [-0.3, -0.25) is 9.59 Å². The first-order valence-electron chi connectivity index (χ1n) is 11.2. The van der Waals surface area contributed by atoms with Crippen LogP contribution in [0.5, 0.6) is 0 Å². The Bertz CT molecular complexity index is 809. The van der Waals surface area contributed by atoms with Crippen molar-refractivity contribution < 1.29 is 14.3 Å². The summed E-state index contributed by atoms with van der Waals surface area (Å²) in [4.78, 5) is 24.3. The number of ketones is 2. The van der Waals surface area contributed by atoms with Crippen molar-refractivity contribution in [2.75, 3.05) is 13.2 Å². The summed E-state index contributed by atoms with van der Waals surface area (Å²) in [6, 6.07) is 15.8. The Balaban J connectivity index is 2.00. The van der Waals surface area contributed by atoms with Crippen LogP contribution in [0.4, 0.5) is 0 Å². The first-order valence-corrected chi connectivity index (χ1v) is 11.2. The molecule has 2 aromatic rings. The predicted octanol–water partition coefficient (Wildman–Crippen LogP) is 6.64. The molecule has 168 valence electrons. The Labute approximate surface area is 188 Å². The molecule has 3 heteroatoms. The molecule has 2 rings (SSSR count). The fourth-order valence-corrected chi connectivity index (χ4v) is 3.57. The highest BCUT2D eigenvalue weighted by Crippen LogP contribution is 2.28. The molecule has 0 N–H and O–H groups in total. The molecule has 0 amide bonds. The summed E-state index contributed by atoms with van der Waals surface area (Å²) in [5, 5.41) is 0. The Hall–Kier alpha value is -2.26. The maximum absolute atomic E-state index is 12.2. The van der Waals surface area contributed by atoms with Gasteiger partial charge in [-0.2, -0.15) is 0 Å². The van der Waals surface area contributed by atoms with Gasteiger partial charge in [0.2, 0.25) is 0 Å². The van der Waals surface area contributed by atoms with Crippen molar-refractivity contribution in [1.82, 2.24) is 0 Å². The molecule has 0 aliphatic rings. The molecule has 0 fully saturated rings. The third-order valence-corrected chi connectivity index (χ3v) is 5.88. The summed E-state index contributed by atoms with van der Waals surface area (Å²) >= 11 is 0. The van der Waals surface area contributed by atoms with E-state index in [0.717, 1.165) is 22.3 Å². The lowest BCUT2D eigenvalue weighted by atomic mass is 9.83. The van der Waals surface area contributed by atoms with Crippen LogP contribution < -0.4 is 0 Å². The van der Waals surface area contributed by atoms with Gasteiger partial charge in [-0.25, -0.2) is 0 Å². The second-order valence-electron chi connectivity index (χ2n) is 10.5. The van der Waals surface area contributed by atoms with E-state index in [0.29, 0.717) is 13.2 Å². The fourth-order valence-electron chi connectivity index (χ4n) is 3.57. The van der Waals surface area contributed by atoms with Crippen LogP contribution in [0.25, 0.3) is 0 Å². The van der Waals surface area contributed by atoms with Gasteiger partial charge in [0.15, 0.2) is 11.6 Å². The maximum Gasteiger partial charge on any atom is 0.165 e. The normalized spacial score (nSPS) is 12.5. The first kappa shape index (κ1) is 25.0. The summed E-state index contributed by atoms with van der Waals surface area (Å²) in [5.41, 5.74) is 3.50. The third kappa shape index (κ3) is 6.36. The summed E-state index contributed by atoms with van der Waals surface area (Å²) in [7, 11) is 0. The minimum atomic E-state index is -0.164. The van der Waals surface area contributed by atoms with E-state index in [1.54, 1.807) is 0 Å². The molecule has 0 atom stereocenters. The number of hydrogen-bond acceptors (Lipinski definition) is 3. The van der Waals surface area contributed by atoms with Gasteiger partial charge in [-0.05, 0) is 11.1 Å². The lowest BCUT2D eigenvalue weighted by molar-refractivity contribution is 0.0633. The molecule has 0 unspecified atom stereocenters. The fraction of sp³-hybridized carbons (Fsp3) is 0.500.